The molecule has 9 nitrogen and oxygen atoms in total. The molecule has 2 fully saturated rings. The SMILES string of the molecule is O=C(Cc1csc(-c2cccnc2)n1)N1CCN(S(=O)(=O)N2CCOCC2)CC1. The number of aromatic nitrogens is 2. The highest BCUT2D eigenvalue weighted by Gasteiger charge is 2.34. The minimum atomic E-state index is -3.49. The summed E-state index contributed by atoms with van der Waals surface area (Å²) in [5.41, 5.74) is 1.65. The lowest BCUT2D eigenvalue weighted by Crippen LogP contribution is -2.56. The van der Waals surface area contributed by atoms with Gasteiger partial charge in [0.25, 0.3) is 10.2 Å². The molecular formula is C18H23N5O4S2. The van der Waals surface area contributed by atoms with E-state index in [0.717, 1.165) is 16.3 Å². The van der Waals surface area contributed by atoms with Crippen LogP contribution in [0.3, 0.4) is 0 Å². The van der Waals surface area contributed by atoms with Crippen LogP contribution >= 0.6 is 11.3 Å². The van der Waals surface area contributed by atoms with Gasteiger partial charge in [-0.15, -0.1) is 11.3 Å². The van der Waals surface area contributed by atoms with E-state index in [2.05, 4.69) is 9.97 Å². The number of thiazole rings is 1. The zero-order chi connectivity index (χ0) is 20.3. The maximum Gasteiger partial charge on any atom is 0.282 e. The average molecular weight is 438 g/mol. The first-order valence-electron chi connectivity index (χ1n) is 9.49. The molecule has 0 bridgehead atoms. The Morgan fingerprint density at radius 1 is 1.10 bits per heavy atom. The van der Waals surface area contributed by atoms with Crippen molar-refractivity contribution in [3.63, 3.8) is 0 Å². The van der Waals surface area contributed by atoms with E-state index in [4.69, 9.17) is 4.74 Å². The van der Waals surface area contributed by atoms with Crippen LogP contribution in [-0.4, -0.2) is 90.3 Å². The normalized spacial score (nSPS) is 19.4. The van der Waals surface area contributed by atoms with Crippen LogP contribution in [0.2, 0.25) is 0 Å². The fourth-order valence-corrected chi connectivity index (χ4v) is 5.76. The lowest BCUT2D eigenvalue weighted by atomic mass is 10.2. The van der Waals surface area contributed by atoms with Crippen molar-refractivity contribution >= 4 is 27.5 Å². The summed E-state index contributed by atoms with van der Waals surface area (Å²) in [6, 6.07) is 3.79. The molecule has 0 unspecified atom stereocenters. The lowest BCUT2D eigenvalue weighted by Gasteiger charge is -2.37. The summed E-state index contributed by atoms with van der Waals surface area (Å²) >= 11 is 1.49. The van der Waals surface area contributed by atoms with Crippen LogP contribution in [0.5, 0.6) is 0 Å². The van der Waals surface area contributed by atoms with Gasteiger partial charge in [-0.3, -0.25) is 9.78 Å². The van der Waals surface area contributed by atoms with E-state index < -0.39 is 10.2 Å². The molecular weight excluding hydrogens is 414 g/mol. The van der Waals surface area contributed by atoms with Gasteiger partial charge in [-0.1, -0.05) is 0 Å². The number of piperazine rings is 1. The number of hydrogen-bond acceptors (Lipinski definition) is 7. The number of carbonyl (C=O) groups excluding carboxylic acids is 1. The van der Waals surface area contributed by atoms with Crippen molar-refractivity contribution in [3.05, 3.63) is 35.6 Å². The number of pyridine rings is 1. The Labute approximate surface area is 174 Å². The minimum absolute atomic E-state index is 0.0311. The van der Waals surface area contributed by atoms with Crippen LogP contribution in [0.4, 0.5) is 0 Å². The Morgan fingerprint density at radius 3 is 2.52 bits per heavy atom. The second kappa shape index (κ2) is 8.84. The zero-order valence-electron chi connectivity index (χ0n) is 15.9. The van der Waals surface area contributed by atoms with E-state index in [1.54, 1.807) is 17.3 Å². The first-order valence-corrected chi connectivity index (χ1v) is 11.8. The maximum atomic E-state index is 12.7. The summed E-state index contributed by atoms with van der Waals surface area (Å²) in [6.45, 7) is 3.00. The molecule has 0 N–H and O–H groups in total. The quantitative estimate of drug-likeness (QED) is 0.675. The summed E-state index contributed by atoms with van der Waals surface area (Å²) in [5, 5.41) is 2.72. The van der Waals surface area contributed by atoms with Gasteiger partial charge in [-0.05, 0) is 12.1 Å². The van der Waals surface area contributed by atoms with E-state index in [1.807, 2.05) is 17.5 Å². The van der Waals surface area contributed by atoms with Gasteiger partial charge in [0.1, 0.15) is 5.01 Å². The summed E-state index contributed by atoms with van der Waals surface area (Å²) < 4.78 is 33.6. The second-order valence-electron chi connectivity index (χ2n) is 6.86. The van der Waals surface area contributed by atoms with Gasteiger partial charge in [0, 0.05) is 62.6 Å². The fraction of sp³-hybridized carbons (Fsp3) is 0.500. The predicted molar refractivity (Wildman–Crippen MR) is 109 cm³/mol. The zero-order valence-corrected chi connectivity index (χ0v) is 17.6. The Morgan fingerprint density at radius 2 is 1.83 bits per heavy atom. The summed E-state index contributed by atoms with van der Waals surface area (Å²) in [6.07, 6.45) is 3.67. The van der Waals surface area contributed by atoms with Crippen molar-refractivity contribution in [3.8, 4) is 10.6 Å². The minimum Gasteiger partial charge on any atom is -0.379 e. The van der Waals surface area contributed by atoms with E-state index in [1.165, 1.54) is 19.9 Å². The van der Waals surface area contributed by atoms with Crippen molar-refractivity contribution in [1.29, 1.82) is 0 Å². The van der Waals surface area contributed by atoms with Gasteiger partial charge in [0.05, 0.1) is 25.3 Å². The van der Waals surface area contributed by atoms with E-state index in [9.17, 15) is 13.2 Å². The van der Waals surface area contributed by atoms with Gasteiger partial charge in [-0.25, -0.2) is 4.98 Å². The van der Waals surface area contributed by atoms with Gasteiger partial charge in [0.15, 0.2) is 0 Å². The monoisotopic (exact) mass is 437 g/mol. The number of hydrogen-bond donors (Lipinski definition) is 0. The number of nitrogens with zero attached hydrogens (tertiary/aromatic N) is 5. The fourth-order valence-electron chi connectivity index (χ4n) is 3.39. The standard InChI is InChI=1S/C18H23N5O4S2/c24-17(12-16-14-28-18(20-16)15-2-1-3-19-13-15)21-4-6-22(7-5-21)29(25,26)23-8-10-27-11-9-23/h1-3,13-14H,4-12H2. The molecule has 2 aromatic rings. The number of rotatable bonds is 5. The molecule has 0 radical (unpaired) electrons. The number of amides is 1. The lowest BCUT2D eigenvalue weighted by molar-refractivity contribution is -0.131. The van der Waals surface area contributed by atoms with Crippen LogP contribution in [0.15, 0.2) is 29.9 Å². The van der Waals surface area contributed by atoms with Crippen LogP contribution in [0.25, 0.3) is 10.6 Å². The smallest absolute Gasteiger partial charge is 0.282 e. The van der Waals surface area contributed by atoms with E-state index in [0.29, 0.717) is 52.5 Å². The molecule has 0 aliphatic carbocycles. The maximum absolute atomic E-state index is 12.7. The molecule has 11 heteroatoms. The summed E-state index contributed by atoms with van der Waals surface area (Å²) in [4.78, 5) is 23.0. The van der Waals surface area contributed by atoms with Gasteiger partial charge in [-0.2, -0.15) is 17.0 Å². The topological polar surface area (TPSA) is 95.9 Å². The number of carbonyl (C=O) groups is 1. The molecule has 2 aliphatic heterocycles. The second-order valence-corrected chi connectivity index (χ2v) is 9.65. The van der Waals surface area contributed by atoms with Crippen molar-refractivity contribution in [2.24, 2.45) is 0 Å². The molecule has 2 aliphatic rings. The Hall–Kier alpha value is -1.92. The van der Waals surface area contributed by atoms with Gasteiger partial charge >= 0.3 is 0 Å². The first-order chi connectivity index (χ1) is 14.0. The van der Waals surface area contributed by atoms with Crippen molar-refractivity contribution < 1.29 is 17.9 Å². The van der Waals surface area contributed by atoms with E-state index >= 15 is 0 Å². The highest BCUT2D eigenvalue weighted by molar-refractivity contribution is 7.86. The third kappa shape index (κ3) is 4.64. The number of morpholine rings is 1. The summed E-state index contributed by atoms with van der Waals surface area (Å²) in [7, 11) is -3.49. The predicted octanol–water partition coefficient (Wildman–Crippen LogP) is 0.469. The molecule has 2 saturated heterocycles. The van der Waals surface area contributed by atoms with Crippen LogP contribution < -0.4 is 0 Å². The van der Waals surface area contributed by atoms with Crippen LogP contribution in [0, 0.1) is 0 Å². The molecule has 4 heterocycles. The van der Waals surface area contributed by atoms with Gasteiger partial charge < -0.3 is 9.64 Å². The molecule has 0 spiro atoms. The Balaban J connectivity index is 1.32. The molecule has 4 rings (SSSR count). The molecule has 0 aromatic carbocycles. The Bertz CT molecular complexity index is 936. The van der Waals surface area contributed by atoms with Gasteiger partial charge in [0.2, 0.25) is 5.91 Å². The summed E-state index contributed by atoms with van der Waals surface area (Å²) in [5.74, 6) is -0.0311. The molecule has 2 aromatic heterocycles. The van der Waals surface area contributed by atoms with Crippen molar-refractivity contribution in [1.82, 2.24) is 23.5 Å². The molecule has 0 saturated carbocycles. The highest BCUT2D eigenvalue weighted by atomic mass is 32.2. The van der Waals surface area contributed by atoms with Crippen LogP contribution in [-0.2, 0) is 26.2 Å². The molecule has 1 amide bonds. The third-order valence-electron chi connectivity index (χ3n) is 5.01. The van der Waals surface area contributed by atoms with Crippen molar-refractivity contribution in [2.45, 2.75) is 6.42 Å². The molecule has 0 atom stereocenters. The number of ether oxygens (including phenoxy) is 1. The molecule has 156 valence electrons. The van der Waals surface area contributed by atoms with Crippen molar-refractivity contribution in [2.75, 3.05) is 52.5 Å². The van der Waals surface area contributed by atoms with E-state index in [-0.39, 0.29) is 12.3 Å². The average Bonchev–Trinajstić information content (AvgIpc) is 3.23. The first kappa shape index (κ1) is 20.4. The Kier molecular flexibility index (Phi) is 6.20. The third-order valence-corrected chi connectivity index (χ3v) is 7.98. The molecule has 29 heavy (non-hydrogen) atoms. The van der Waals surface area contributed by atoms with Crippen LogP contribution in [0.1, 0.15) is 5.69 Å². The largest absolute Gasteiger partial charge is 0.379 e. The highest BCUT2D eigenvalue weighted by Crippen LogP contribution is 2.23.